The predicted octanol–water partition coefficient (Wildman–Crippen LogP) is 3.13. The minimum atomic E-state index is 0.547. The van der Waals surface area contributed by atoms with Crippen LogP contribution in [0.2, 0.25) is 5.15 Å². The van der Waals surface area contributed by atoms with Gasteiger partial charge in [0, 0.05) is 11.8 Å². The van der Waals surface area contributed by atoms with Crippen LogP contribution in [0, 0.1) is 0 Å². The summed E-state index contributed by atoms with van der Waals surface area (Å²) < 4.78 is 2.07. The molecule has 0 aliphatic rings. The van der Waals surface area contributed by atoms with Crippen LogP contribution in [-0.2, 0) is 6.54 Å². The fourth-order valence-corrected chi connectivity index (χ4v) is 2.04. The average molecular weight is 244 g/mol. The maximum absolute atomic E-state index is 6.05. The van der Waals surface area contributed by atoms with Gasteiger partial charge in [-0.2, -0.15) is 0 Å². The number of benzene rings is 1. The standard InChI is InChI=1S/C13H10ClN3/c14-13-10(4-3-7-15-13)8-17-9-16-11-5-1-2-6-12(11)17/h1-7,9H,8H2. The first-order valence-electron chi connectivity index (χ1n) is 5.34. The Bertz CT molecular complexity index is 660. The van der Waals surface area contributed by atoms with Crippen LogP contribution in [0.3, 0.4) is 0 Å². The summed E-state index contributed by atoms with van der Waals surface area (Å²) in [5, 5.41) is 0.547. The third kappa shape index (κ3) is 1.89. The zero-order chi connectivity index (χ0) is 11.7. The molecule has 0 unspecified atom stereocenters. The van der Waals surface area contributed by atoms with Gasteiger partial charge in [0.25, 0.3) is 0 Å². The molecule has 0 radical (unpaired) electrons. The number of nitrogens with zero attached hydrogens (tertiary/aromatic N) is 3. The van der Waals surface area contributed by atoms with Gasteiger partial charge in [0.1, 0.15) is 5.15 Å². The number of fused-ring (bicyclic) bond motifs is 1. The number of pyridine rings is 1. The topological polar surface area (TPSA) is 30.7 Å². The molecule has 0 bridgehead atoms. The van der Waals surface area contributed by atoms with E-state index >= 15 is 0 Å². The van der Waals surface area contributed by atoms with Crippen LogP contribution < -0.4 is 0 Å². The summed E-state index contributed by atoms with van der Waals surface area (Å²) in [6.45, 7) is 0.688. The summed E-state index contributed by atoms with van der Waals surface area (Å²) in [7, 11) is 0. The molecule has 0 saturated heterocycles. The third-order valence-corrected chi connectivity index (χ3v) is 3.04. The summed E-state index contributed by atoms with van der Waals surface area (Å²) in [6, 6.07) is 11.9. The summed E-state index contributed by atoms with van der Waals surface area (Å²) >= 11 is 6.05. The Morgan fingerprint density at radius 1 is 1.06 bits per heavy atom. The van der Waals surface area contributed by atoms with Gasteiger partial charge in [0.05, 0.1) is 23.9 Å². The maximum Gasteiger partial charge on any atom is 0.133 e. The number of hydrogen-bond acceptors (Lipinski definition) is 2. The number of imidazole rings is 1. The monoisotopic (exact) mass is 243 g/mol. The highest BCUT2D eigenvalue weighted by molar-refractivity contribution is 6.30. The number of halogens is 1. The summed E-state index contributed by atoms with van der Waals surface area (Å²) in [5.74, 6) is 0. The molecule has 3 rings (SSSR count). The molecule has 1 aromatic carbocycles. The molecular weight excluding hydrogens is 234 g/mol. The molecule has 3 aromatic rings. The summed E-state index contributed by atoms with van der Waals surface area (Å²) in [5.41, 5.74) is 3.09. The lowest BCUT2D eigenvalue weighted by Crippen LogP contribution is -1.99. The molecule has 0 aliphatic carbocycles. The van der Waals surface area contributed by atoms with E-state index in [1.807, 2.05) is 42.7 Å². The second-order valence-corrected chi connectivity index (χ2v) is 4.17. The lowest BCUT2D eigenvalue weighted by atomic mass is 10.2. The first kappa shape index (κ1) is 10.3. The van der Waals surface area contributed by atoms with Crippen LogP contribution in [0.1, 0.15) is 5.56 Å². The predicted molar refractivity (Wildman–Crippen MR) is 68.1 cm³/mol. The van der Waals surface area contributed by atoms with Gasteiger partial charge < -0.3 is 4.57 Å². The normalized spacial score (nSPS) is 10.9. The van der Waals surface area contributed by atoms with Gasteiger partial charge in [0.15, 0.2) is 0 Å². The van der Waals surface area contributed by atoms with Crippen molar-refractivity contribution in [2.75, 3.05) is 0 Å². The quantitative estimate of drug-likeness (QED) is 0.648. The lowest BCUT2D eigenvalue weighted by Gasteiger charge is -2.05. The largest absolute Gasteiger partial charge is 0.326 e. The Kier molecular flexibility index (Phi) is 2.53. The molecule has 0 fully saturated rings. The Labute approximate surface area is 104 Å². The van der Waals surface area contributed by atoms with Crippen molar-refractivity contribution in [3.63, 3.8) is 0 Å². The molecule has 3 nitrogen and oxygen atoms in total. The average Bonchev–Trinajstić information content (AvgIpc) is 2.76. The van der Waals surface area contributed by atoms with Crippen molar-refractivity contribution >= 4 is 22.6 Å². The van der Waals surface area contributed by atoms with E-state index in [1.54, 1.807) is 6.20 Å². The minimum Gasteiger partial charge on any atom is -0.326 e. The van der Waals surface area contributed by atoms with Gasteiger partial charge >= 0.3 is 0 Å². The first-order chi connectivity index (χ1) is 8.34. The first-order valence-corrected chi connectivity index (χ1v) is 5.71. The number of aromatic nitrogens is 3. The zero-order valence-corrected chi connectivity index (χ0v) is 9.80. The van der Waals surface area contributed by atoms with Crippen LogP contribution >= 0.6 is 11.6 Å². The van der Waals surface area contributed by atoms with E-state index < -0.39 is 0 Å². The van der Waals surface area contributed by atoms with Gasteiger partial charge in [-0.05, 0) is 18.2 Å². The maximum atomic E-state index is 6.05. The van der Waals surface area contributed by atoms with Gasteiger partial charge in [-0.25, -0.2) is 9.97 Å². The molecule has 0 spiro atoms. The van der Waals surface area contributed by atoms with Gasteiger partial charge in [0.2, 0.25) is 0 Å². The van der Waals surface area contributed by atoms with Crippen molar-refractivity contribution in [1.29, 1.82) is 0 Å². The molecule has 17 heavy (non-hydrogen) atoms. The van der Waals surface area contributed by atoms with Crippen LogP contribution in [0.4, 0.5) is 0 Å². The summed E-state index contributed by atoms with van der Waals surface area (Å²) in [4.78, 5) is 8.42. The summed E-state index contributed by atoms with van der Waals surface area (Å²) in [6.07, 6.45) is 3.52. The zero-order valence-electron chi connectivity index (χ0n) is 9.05. The fourth-order valence-electron chi connectivity index (χ4n) is 1.86. The Morgan fingerprint density at radius 2 is 1.94 bits per heavy atom. The van der Waals surface area contributed by atoms with Crippen molar-refractivity contribution in [2.45, 2.75) is 6.54 Å². The van der Waals surface area contributed by atoms with Gasteiger partial charge in [-0.3, -0.25) is 0 Å². The van der Waals surface area contributed by atoms with Crippen molar-refractivity contribution in [3.05, 3.63) is 59.6 Å². The minimum absolute atomic E-state index is 0.547. The van der Waals surface area contributed by atoms with Crippen molar-refractivity contribution in [2.24, 2.45) is 0 Å². The highest BCUT2D eigenvalue weighted by Crippen LogP contribution is 2.17. The van der Waals surface area contributed by atoms with E-state index in [0.717, 1.165) is 16.6 Å². The van der Waals surface area contributed by atoms with E-state index in [1.165, 1.54) is 0 Å². The fraction of sp³-hybridized carbons (Fsp3) is 0.0769. The van der Waals surface area contributed by atoms with Gasteiger partial charge in [-0.1, -0.05) is 29.8 Å². The highest BCUT2D eigenvalue weighted by Gasteiger charge is 2.05. The van der Waals surface area contributed by atoms with Crippen molar-refractivity contribution in [3.8, 4) is 0 Å². The molecule has 0 amide bonds. The highest BCUT2D eigenvalue weighted by atomic mass is 35.5. The molecule has 84 valence electrons. The molecule has 0 atom stereocenters. The lowest BCUT2D eigenvalue weighted by molar-refractivity contribution is 0.820. The molecule has 2 aromatic heterocycles. The van der Waals surface area contributed by atoms with Crippen molar-refractivity contribution in [1.82, 2.24) is 14.5 Å². The van der Waals surface area contributed by atoms with Gasteiger partial charge in [-0.15, -0.1) is 0 Å². The number of hydrogen-bond donors (Lipinski definition) is 0. The van der Waals surface area contributed by atoms with Crippen LogP contribution in [0.5, 0.6) is 0 Å². The van der Waals surface area contributed by atoms with Crippen LogP contribution in [0.25, 0.3) is 11.0 Å². The second kappa shape index (κ2) is 4.18. The molecule has 0 aliphatic heterocycles. The van der Waals surface area contributed by atoms with E-state index in [2.05, 4.69) is 14.5 Å². The van der Waals surface area contributed by atoms with E-state index in [-0.39, 0.29) is 0 Å². The van der Waals surface area contributed by atoms with E-state index in [0.29, 0.717) is 11.7 Å². The third-order valence-electron chi connectivity index (χ3n) is 2.70. The molecule has 0 N–H and O–H groups in total. The van der Waals surface area contributed by atoms with Crippen molar-refractivity contribution < 1.29 is 0 Å². The van der Waals surface area contributed by atoms with E-state index in [4.69, 9.17) is 11.6 Å². The molecule has 0 saturated carbocycles. The van der Waals surface area contributed by atoms with Crippen LogP contribution in [-0.4, -0.2) is 14.5 Å². The number of para-hydroxylation sites is 2. The molecule has 2 heterocycles. The van der Waals surface area contributed by atoms with Crippen LogP contribution in [0.15, 0.2) is 48.9 Å². The molecular formula is C13H10ClN3. The second-order valence-electron chi connectivity index (χ2n) is 3.81. The smallest absolute Gasteiger partial charge is 0.133 e. The Hall–Kier alpha value is -1.87. The Balaban J connectivity index is 2.03. The SMILES string of the molecule is Clc1ncccc1Cn1cnc2ccccc21. The Morgan fingerprint density at radius 3 is 2.82 bits per heavy atom. The number of rotatable bonds is 2. The van der Waals surface area contributed by atoms with E-state index in [9.17, 15) is 0 Å². The molecule has 4 heteroatoms.